The van der Waals surface area contributed by atoms with Crippen LogP contribution in [0.2, 0.25) is 0 Å². The van der Waals surface area contributed by atoms with Crippen molar-refractivity contribution >= 4 is 10.0 Å². The van der Waals surface area contributed by atoms with Gasteiger partial charge in [0.05, 0.1) is 31.7 Å². The third-order valence-corrected chi connectivity index (χ3v) is 6.91. The molecular weight excluding hydrogens is 394 g/mol. The zero-order valence-electron chi connectivity index (χ0n) is 14.8. The van der Waals surface area contributed by atoms with Crippen LogP contribution >= 0.6 is 0 Å². The van der Waals surface area contributed by atoms with E-state index in [9.17, 15) is 22.3 Å². The molecule has 2 heterocycles. The molecule has 2 aliphatic rings. The molecular formula is C18H19F2N2O5S+. The van der Waals surface area contributed by atoms with E-state index in [1.54, 1.807) is 6.07 Å². The second kappa shape index (κ2) is 7.19. The molecule has 1 fully saturated rings. The lowest BCUT2D eigenvalue weighted by molar-refractivity contribution is -0.917. The lowest BCUT2D eigenvalue weighted by Gasteiger charge is -2.31. The predicted molar refractivity (Wildman–Crippen MR) is 93.7 cm³/mol. The molecule has 2 N–H and O–H groups in total. The monoisotopic (exact) mass is 413 g/mol. The topological polar surface area (TPSA) is 80.5 Å². The van der Waals surface area contributed by atoms with Crippen molar-refractivity contribution in [2.24, 2.45) is 0 Å². The van der Waals surface area contributed by atoms with Gasteiger partial charge in [0, 0.05) is 6.07 Å². The van der Waals surface area contributed by atoms with Crippen LogP contribution in [0.3, 0.4) is 0 Å². The van der Waals surface area contributed by atoms with Gasteiger partial charge in [-0.15, -0.1) is 0 Å². The van der Waals surface area contributed by atoms with Crippen LogP contribution < -0.4 is 14.4 Å². The summed E-state index contributed by atoms with van der Waals surface area (Å²) in [6.07, 6.45) is 0. The van der Waals surface area contributed by atoms with Gasteiger partial charge in [0.25, 0.3) is 0 Å². The minimum atomic E-state index is -4.25. The molecule has 0 spiro atoms. The first kappa shape index (κ1) is 18.9. The maximum Gasteiger partial charge on any atom is 0.249 e. The molecule has 7 nitrogen and oxygen atoms in total. The lowest BCUT2D eigenvalue weighted by atomic mass is 10.1. The van der Waals surface area contributed by atoms with Crippen molar-refractivity contribution in [3.05, 3.63) is 47.5 Å². The summed E-state index contributed by atoms with van der Waals surface area (Å²) in [7, 11) is -4.25. The summed E-state index contributed by atoms with van der Waals surface area (Å²) in [5, 5.41) is 10.2. The average molecular weight is 413 g/mol. The fourth-order valence-electron chi connectivity index (χ4n) is 3.46. The second-order valence-electron chi connectivity index (χ2n) is 6.72. The summed E-state index contributed by atoms with van der Waals surface area (Å²) < 4.78 is 64.7. The lowest BCUT2D eigenvalue weighted by Crippen LogP contribution is -3.13. The summed E-state index contributed by atoms with van der Waals surface area (Å²) in [4.78, 5) is 0.126. The van der Waals surface area contributed by atoms with Crippen molar-refractivity contribution in [2.75, 3.05) is 33.0 Å². The molecule has 2 aromatic carbocycles. The number of ether oxygens (including phenoxy) is 2. The molecule has 10 heteroatoms. The summed E-state index contributed by atoms with van der Waals surface area (Å²) in [5.41, 5.74) is 0.663. The molecule has 2 aromatic rings. The predicted octanol–water partition coefficient (Wildman–Crippen LogP) is 0.489. The molecule has 28 heavy (non-hydrogen) atoms. The molecule has 0 radical (unpaired) electrons. The first-order chi connectivity index (χ1) is 13.4. The minimum Gasteiger partial charge on any atom is -0.507 e. The van der Waals surface area contributed by atoms with Gasteiger partial charge in [0.2, 0.25) is 16.8 Å². The number of quaternary nitrogens is 1. The summed E-state index contributed by atoms with van der Waals surface area (Å²) in [6, 6.07) is 6.20. The molecule has 0 saturated carbocycles. The number of phenolic OH excluding ortho intramolecular Hbond substituents is 1. The largest absolute Gasteiger partial charge is 0.507 e. The number of benzene rings is 2. The van der Waals surface area contributed by atoms with Crippen LogP contribution in [0.15, 0.2) is 35.2 Å². The Labute approximate surface area is 160 Å². The molecule has 0 aliphatic carbocycles. The zero-order chi connectivity index (χ0) is 19.9. The molecule has 0 atom stereocenters. The van der Waals surface area contributed by atoms with Crippen LogP contribution in [0.1, 0.15) is 5.56 Å². The molecule has 0 bridgehead atoms. The van der Waals surface area contributed by atoms with E-state index in [1.165, 1.54) is 6.07 Å². The van der Waals surface area contributed by atoms with E-state index in [4.69, 9.17) is 9.47 Å². The number of fused-ring (bicyclic) bond motifs is 1. The molecule has 2 aliphatic heterocycles. The Balaban J connectivity index is 1.45. The third kappa shape index (κ3) is 3.38. The van der Waals surface area contributed by atoms with E-state index < -0.39 is 26.6 Å². The van der Waals surface area contributed by atoms with E-state index >= 15 is 0 Å². The van der Waals surface area contributed by atoms with Crippen molar-refractivity contribution in [2.45, 2.75) is 11.4 Å². The first-order valence-corrected chi connectivity index (χ1v) is 10.2. The van der Waals surface area contributed by atoms with Crippen LogP contribution in [0.4, 0.5) is 8.78 Å². The first-order valence-electron chi connectivity index (χ1n) is 8.75. The van der Waals surface area contributed by atoms with Gasteiger partial charge in [-0.05, 0) is 18.2 Å². The second-order valence-corrected chi connectivity index (χ2v) is 8.59. The van der Waals surface area contributed by atoms with Crippen molar-refractivity contribution in [1.82, 2.24) is 4.31 Å². The molecule has 0 amide bonds. The molecule has 0 aromatic heterocycles. The fraction of sp³-hybridized carbons (Fsp3) is 0.333. The van der Waals surface area contributed by atoms with Gasteiger partial charge < -0.3 is 19.5 Å². The highest BCUT2D eigenvalue weighted by atomic mass is 32.2. The standard InChI is InChI=1S/C18H18F2N2O5S/c19-13-2-1-3-14(20)18(13)28(24,25)22-6-4-21(5-7-22)10-12-8-16-17(9-15(12)23)27-11-26-16/h1-3,8-9,23H,4-7,10-11H2/p+1. The Kier molecular flexibility index (Phi) is 4.86. The number of sulfonamides is 1. The Bertz CT molecular complexity index is 987. The summed E-state index contributed by atoms with van der Waals surface area (Å²) in [5.74, 6) is -1.07. The Morgan fingerprint density at radius 1 is 1.07 bits per heavy atom. The van der Waals surface area contributed by atoms with Crippen LogP contribution in [0.25, 0.3) is 0 Å². The SMILES string of the molecule is O=S(=O)(c1c(F)cccc1F)N1CC[NH+](Cc2cc3c(cc2O)OCO3)CC1. The van der Waals surface area contributed by atoms with Gasteiger partial charge in [0.1, 0.15) is 23.9 Å². The van der Waals surface area contributed by atoms with Crippen molar-refractivity contribution in [1.29, 1.82) is 0 Å². The average Bonchev–Trinajstić information content (AvgIpc) is 3.09. The van der Waals surface area contributed by atoms with Gasteiger partial charge in [0.15, 0.2) is 16.4 Å². The number of aromatic hydroxyl groups is 1. The zero-order valence-corrected chi connectivity index (χ0v) is 15.6. The number of piperazine rings is 1. The van der Waals surface area contributed by atoms with E-state index in [0.717, 1.165) is 27.4 Å². The Morgan fingerprint density at radius 2 is 1.68 bits per heavy atom. The summed E-state index contributed by atoms with van der Waals surface area (Å²) in [6.45, 7) is 1.68. The quantitative estimate of drug-likeness (QED) is 0.763. The fourth-order valence-corrected chi connectivity index (χ4v) is 5.01. The maximum atomic E-state index is 13.9. The number of phenols is 1. The maximum absolute atomic E-state index is 13.9. The van der Waals surface area contributed by atoms with E-state index in [0.29, 0.717) is 36.7 Å². The summed E-state index contributed by atoms with van der Waals surface area (Å²) >= 11 is 0. The molecule has 4 rings (SSSR count). The normalized spacial score (nSPS) is 17.8. The van der Waals surface area contributed by atoms with E-state index in [-0.39, 0.29) is 25.6 Å². The number of halogens is 2. The Morgan fingerprint density at radius 3 is 2.32 bits per heavy atom. The van der Waals surface area contributed by atoms with Gasteiger partial charge in [-0.1, -0.05) is 6.07 Å². The van der Waals surface area contributed by atoms with Crippen LogP contribution in [0.5, 0.6) is 17.2 Å². The highest BCUT2D eigenvalue weighted by Gasteiger charge is 2.34. The number of nitrogens with zero attached hydrogens (tertiary/aromatic N) is 1. The smallest absolute Gasteiger partial charge is 0.249 e. The number of hydrogen-bond donors (Lipinski definition) is 2. The number of nitrogens with one attached hydrogen (secondary N) is 1. The molecule has 1 saturated heterocycles. The molecule has 150 valence electrons. The van der Waals surface area contributed by atoms with Gasteiger partial charge in [-0.3, -0.25) is 0 Å². The Hall–Kier alpha value is -2.43. The van der Waals surface area contributed by atoms with Gasteiger partial charge >= 0.3 is 0 Å². The van der Waals surface area contributed by atoms with Gasteiger partial charge in [-0.25, -0.2) is 17.2 Å². The highest BCUT2D eigenvalue weighted by molar-refractivity contribution is 7.89. The van der Waals surface area contributed by atoms with E-state index in [2.05, 4.69) is 0 Å². The van der Waals surface area contributed by atoms with E-state index in [1.807, 2.05) is 0 Å². The van der Waals surface area contributed by atoms with Crippen LogP contribution in [0, 0.1) is 11.6 Å². The van der Waals surface area contributed by atoms with Crippen molar-refractivity contribution in [3.63, 3.8) is 0 Å². The minimum absolute atomic E-state index is 0.0835. The number of rotatable bonds is 4. The van der Waals surface area contributed by atoms with Crippen molar-refractivity contribution in [3.8, 4) is 17.2 Å². The highest BCUT2D eigenvalue weighted by Crippen LogP contribution is 2.37. The van der Waals surface area contributed by atoms with Crippen LogP contribution in [-0.2, 0) is 16.6 Å². The third-order valence-electron chi connectivity index (χ3n) is 4.96. The van der Waals surface area contributed by atoms with Gasteiger partial charge in [-0.2, -0.15) is 4.31 Å². The van der Waals surface area contributed by atoms with Crippen molar-refractivity contribution < 1.29 is 36.7 Å². The van der Waals surface area contributed by atoms with Crippen LogP contribution in [-0.4, -0.2) is 50.8 Å². The molecule has 0 unspecified atom stereocenters. The number of hydrogen-bond acceptors (Lipinski definition) is 5.